The molecule has 0 aliphatic rings. The SMILES string of the molecule is CC(=O)c1ccc(Nc2nc(NC(C)(C)C)cc(-c3ccccc3)n2)cc1. The number of nitrogens with one attached hydrogen (secondary N) is 2. The predicted molar refractivity (Wildman–Crippen MR) is 111 cm³/mol. The summed E-state index contributed by atoms with van der Waals surface area (Å²) in [5.74, 6) is 1.29. The minimum absolute atomic E-state index is 0.0422. The summed E-state index contributed by atoms with van der Waals surface area (Å²) in [5.41, 5.74) is 3.23. The van der Waals surface area contributed by atoms with Crippen molar-refractivity contribution in [2.75, 3.05) is 10.6 Å². The molecular weight excluding hydrogens is 336 g/mol. The number of aromatic nitrogens is 2. The molecule has 1 aromatic heterocycles. The van der Waals surface area contributed by atoms with Crippen molar-refractivity contribution in [1.82, 2.24) is 9.97 Å². The Morgan fingerprint density at radius 2 is 1.59 bits per heavy atom. The van der Waals surface area contributed by atoms with Gasteiger partial charge in [0, 0.05) is 28.4 Å². The molecule has 138 valence electrons. The minimum Gasteiger partial charge on any atom is -0.365 e. The van der Waals surface area contributed by atoms with Gasteiger partial charge in [0.2, 0.25) is 5.95 Å². The Morgan fingerprint density at radius 1 is 0.926 bits per heavy atom. The van der Waals surface area contributed by atoms with Crippen molar-refractivity contribution in [1.29, 1.82) is 0 Å². The molecule has 0 atom stereocenters. The summed E-state index contributed by atoms with van der Waals surface area (Å²) in [5, 5.41) is 6.64. The molecule has 5 heteroatoms. The molecule has 0 amide bonds. The van der Waals surface area contributed by atoms with Gasteiger partial charge in [0.25, 0.3) is 0 Å². The Labute approximate surface area is 159 Å². The number of nitrogens with zero attached hydrogens (tertiary/aromatic N) is 2. The Bertz CT molecular complexity index is 929. The van der Waals surface area contributed by atoms with Crippen molar-refractivity contribution in [2.24, 2.45) is 0 Å². The van der Waals surface area contributed by atoms with E-state index in [0.717, 1.165) is 22.8 Å². The van der Waals surface area contributed by atoms with Crippen molar-refractivity contribution in [3.63, 3.8) is 0 Å². The summed E-state index contributed by atoms with van der Waals surface area (Å²) < 4.78 is 0. The van der Waals surface area contributed by atoms with E-state index in [1.165, 1.54) is 0 Å². The van der Waals surface area contributed by atoms with Crippen molar-refractivity contribution in [3.05, 3.63) is 66.2 Å². The summed E-state index contributed by atoms with van der Waals surface area (Å²) in [6, 6.07) is 19.2. The summed E-state index contributed by atoms with van der Waals surface area (Å²) in [6.07, 6.45) is 0. The zero-order chi connectivity index (χ0) is 19.4. The van der Waals surface area contributed by atoms with Crippen LogP contribution < -0.4 is 10.6 Å². The highest BCUT2D eigenvalue weighted by atomic mass is 16.1. The lowest BCUT2D eigenvalue weighted by atomic mass is 10.1. The zero-order valence-electron chi connectivity index (χ0n) is 16.1. The lowest BCUT2D eigenvalue weighted by molar-refractivity contribution is 0.101. The molecule has 1 heterocycles. The fourth-order valence-corrected chi connectivity index (χ4v) is 2.63. The average molecular weight is 360 g/mol. The molecule has 2 N–H and O–H groups in total. The highest BCUT2D eigenvalue weighted by Crippen LogP contribution is 2.24. The van der Waals surface area contributed by atoms with Crippen LogP contribution in [0, 0.1) is 0 Å². The van der Waals surface area contributed by atoms with E-state index in [0.29, 0.717) is 11.5 Å². The van der Waals surface area contributed by atoms with Gasteiger partial charge in [0.05, 0.1) is 5.69 Å². The van der Waals surface area contributed by atoms with E-state index >= 15 is 0 Å². The number of anilines is 3. The van der Waals surface area contributed by atoms with Gasteiger partial charge in [-0.15, -0.1) is 0 Å². The largest absolute Gasteiger partial charge is 0.365 e. The van der Waals surface area contributed by atoms with Crippen LogP contribution >= 0.6 is 0 Å². The number of hydrogen-bond acceptors (Lipinski definition) is 5. The third kappa shape index (κ3) is 5.14. The van der Waals surface area contributed by atoms with E-state index in [-0.39, 0.29) is 11.3 Å². The monoisotopic (exact) mass is 360 g/mol. The molecule has 5 nitrogen and oxygen atoms in total. The lowest BCUT2D eigenvalue weighted by Gasteiger charge is -2.22. The third-order valence-corrected chi connectivity index (χ3v) is 3.85. The summed E-state index contributed by atoms with van der Waals surface area (Å²) in [7, 11) is 0. The molecule has 0 radical (unpaired) electrons. The number of carbonyl (C=O) groups is 1. The third-order valence-electron chi connectivity index (χ3n) is 3.85. The summed E-state index contributed by atoms with van der Waals surface area (Å²) in [4.78, 5) is 20.7. The molecule has 2 aromatic carbocycles. The number of rotatable bonds is 5. The van der Waals surface area contributed by atoms with Gasteiger partial charge >= 0.3 is 0 Å². The second-order valence-corrected chi connectivity index (χ2v) is 7.46. The first kappa shape index (κ1) is 18.6. The number of ketones is 1. The number of carbonyl (C=O) groups excluding carboxylic acids is 1. The first-order valence-electron chi connectivity index (χ1n) is 8.91. The maximum absolute atomic E-state index is 11.4. The molecular formula is C22H24N4O. The second kappa shape index (κ2) is 7.58. The van der Waals surface area contributed by atoms with Gasteiger partial charge in [-0.25, -0.2) is 4.98 Å². The topological polar surface area (TPSA) is 66.9 Å². The number of hydrogen-bond donors (Lipinski definition) is 2. The van der Waals surface area contributed by atoms with E-state index in [2.05, 4.69) is 41.4 Å². The molecule has 0 unspecified atom stereocenters. The van der Waals surface area contributed by atoms with Crippen LogP contribution in [0.5, 0.6) is 0 Å². The lowest BCUT2D eigenvalue weighted by Crippen LogP contribution is -2.26. The van der Waals surface area contributed by atoms with Crippen LogP contribution in [-0.2, 0) is 0 Å². The summed E-state index contributed by atoms with van der Waals surface area (Å²) in [6.45, 7) is 7.82. The minimum atomic E-state index is -0.122. The van der Waals surface area contributed by atoms with Crippen LogP contribution in [0.15, 0.2) is 60.7 Å². The molecule has 0 bridgehead atoms. The van der Waals surface area contributed by atoms with Crippen molar-refractivity contribution >= 4 is 23.2 Å². The van der Waals surface area contributed by atoms with Crippen molar-refractivity contribution in [2.45, 2.75) is 33.2 Å². The normalized spacial score (nSPS) is 11.1. The van der Waals surface area contributed by atoms with Crippen LogP contribution in [0.25, 0.3) is 11.3 Å². The maximum atomic E-state index is 11.4. The van der Waals surface area contributed by atoms with Gasteiger partial charge in [0.1, 0.15) is 5.82 Å². The van der Waals surface area contributed by atoms with Gasteiger partial charge in [-0.1, -0.05) is 30.3 Å². The molecule has 27 heavy (non-hydrogen) atoms. The average Bonchev–Trinajstić information content (AvgIpc) is 2.61. The highest BCUT2D eigenvalue weighted by Gasteiger charge is 2.13. The van der Waals surface area contributed by atoms with E-state index in [1.54, 1.807) is 19.1 Å². The van der Waals surface area contributed by atoms with Crippen LogP contribution in [0.1, 0.15) is 38.1 Å². The quantitative estimate of drug-likeness (QED) is 0.604. The van der Waals surface area contributed by atoms with Gasteiger partial charge in [-0.05, 0) is 52.0 Å². The maximum Gasteiger partial charge on any atom is 0.229 e. The molecule has 0 aliphatic carbocycles. The van der Waals surface area contributed by atoms with E-state index < -0.39 is 0 Å². The standard InChI is InChI=1S/C22H24N4O/c1-15(27)16-10-12-18(13-11-16)23-21-24-19(17-8-6-5-7-9-17)14-20(25-21)26-22(2,3)4/h5-14H,1-4H3,(H2,23,24,25,26). The van der Waals surface area contributed by atoms with Gasteiger partial charge in [0.15, 0.2) is 5.78 Å². The fraction of sp³-hybridized carbons (Fsp3) is 0.227. The summed E-state index contributed by atoms with van der Waals surface area (Å²) >= 11 is 0. The first-order chi connectivity index (χ1) is 12.8. The second-order valence-electron chi connectivity index (χ2n) is 7.46. The van der Waals surface area contributed by atoms with E-state index in [1.807, 2.05) is 48.5 Å². The zero-order valence-corrected chi connectivity index (χ0v) is 16.1. The molecule has 3 rings (SSSR count). The van der Waals surface area contributed by atoms with Crippen LogP contribution in [0.3, 0.4) is 0 Å². The first-order valence-corrected chi connectivity index (χ1v) is 8.91. The Hall–Kier alpha value is -3.21. The molecule has 0 fully saturated rings. The number of benzene rings is 2. The molecule has 0 spiro atoms. The molecule has 0 saturated heterocycles. The number of Topliss-reactive ketones (excluding diaryl/α,β-unsaturated/α-hetero) is 1. The Balaban J connectivity index is 1.95. The van der Waals surface area contributed by atoms with Crippen molar-refractivity contribution < 1.29 is 4.79 Å². The van der Waals surface area contributed by atoms with Gasteiger partial charge in [-0.2, -0.15) is 4.98 Å². The highest BCUT2D eigenvalue weighted by molar-refractivity contribution is 5.94. The van der Waals surface area contributed by atoms with Crippen LogP contribution in [0.2, 0.25) is 0 Å². The van der Waals surface area contributed by atoms with Crippen molar-refractivity contribution in [3.8, 4) is 11.3 Å². The fourth-order valence-electron chi connectivity index (χ4n) is 2.63. The molecule has 0 saturated carbocycles. The van der Waals surface area contributed by atoms with Crippen LogP contribution in [0.4, 0.5) is 17.5 Å². The van der Waals surface area contributed by atoms with E-state index in [4.69, 9.17) is 0 Å². The Morgan fingerprint density at radius 3 is 2.19 bits per heavy atom. The molecule has 0 aliphatic heterocycles. The Kier molecular flexibility index (Phi) is 5.21. The predicted octanol–water partition coefficient (Wildman–Crippen LogP) is 5.30. The van der Waals surface area contributed by atoms with Crippen LogP contribution in [-0.4, -0.2) is 21.3 Å². The van der Waals surface area contributed by atoms with Gasteiger partial charge < -0.3 is 10.6 Å². The van der Waals surface area contributed by atoms with Gasteiger partial charge in [-0.3, -0.25) is 4.79 Å². The van der Waals surface area contributed by atoms with E-state index in [9.17, 15) is 4.79 Å². The molecule has 3 aromatic rings. The smallest absolute Gasteiger partial charge is 0.229 e.